The highest BCUT2D eigenvalue weighted by Crippen LogP contribution is 2.30. The van der Waals surface area contributed by atoms with Gasteiger partial charge in [-0.1, -0.05) is 25.5 Å². The summed E-state index contributed by atoms with van der Waals surface area (Å²) >= 11 is 1.97. The van der Waals surface area contributed by atoms with Gasteiger partial charge in [0.15, 0.2) is 0 Å². The highest BCUT2D eigenvalue weighted by Gasteiger charge is 2.28. The molecule has 1 aromatic rings. The van der Waals surface area contributed by atoms with Crippen LogP contribution < -0.4 is 5.32 Å². The Labute approximate surface area is 114 Å². The predicted molar refractivity (Wildman–Crippen MR) is 77.5 cm³/mol. The predicted octanol–water partition coefficient (Wildman–Crippen LogP) is 4.15. The third kappa shape index (κ3) is 3.27. The second-order valence-corrected chi connectivity index (χ2v) is 6.07. The Morgan fingerprint density at radius 3 is 2.67 bits per heavy atom. The number of nitrogens with one attached hydrogen (secondary N) is 1. The molecule has 0 radical (unpaired) electrons. The van der Waals surface area contributed by atoms with Gasteiger partial charge in [0.25, 0.3) is 0 Å². The summed E-state index contributed by atoms with van der Waals surface area (Å²) in [6.07, 6.45) is 7.15. The largest absolute Gasteiger partial charge is 0.306 e. The number of hydrogen-bond donors (Lipinski definition) is 1. The van der Waals surface area contributed by atoms with Crippen LogP contribution >= 0.6 is 11.8 Å². The highest BCUT2D eigenvalue weighted by atomic mass is 32.2. The molecule has 1 saturated carbocycles. The first-order chi connectivity index (χ1) is 8.74. The van der Waals surface area contributed by atoms with Gasteiger partial charge in [-0.3, -0.25) is 0 Å². The van der Waals surface area contributed by atoms with Gasteiger partial charge in [0.2, 0.25) is 0 Å². The molecule has 3 atom stereocenters. The zero-order valence-electron chi connectivity index (χ0n) is 11.2. The van der Waals surface area contributed by atoms with Crippen LogP contribution in [0.15, 0.2) is 24.3 Å². The molecule has 3 heteroatoms. The molecule has 1 aliphatic carbocycles. The number of rotatable bonds is 5. The van der Waals surface area contributed by atoms with Crippen LogP contribution in [0.2, 0.25) is 0 Å². The molecule has 0 amide bonds. The maximum Gasteiger partial charge on any atom is 0.123 e. The van der Waals surface area contributed by atoms with E-state index in [1.165, 1.54) is 24.8 Å². The van der Waals surface area contributed by atoms with Crippen LogP contribution in [0.3, 0.4) is 0 Å². The van der Waals surface area contributed by atoms with E-state index in [0.29, 0.717) is 12.1 Å². The van der Waals surface area contributed by atoms with Crippen LogP contribution in [-0.4, -0.2) is 17.5 Å². The van der Waals surface area contributed by atoms with Gasteiger partial charge in [-0.05, 0) is 43.2 Å². The minimum absolute atomic E-state index is 0.156. The minimum Gasteiger partial charge on any atom is -0.306 e. The standard InChI is InChI=1S/C15H22FNS/c1-3-13(11-7-9-12(16)10-8-11)17-14-5-4-6-15(14)18-2/h7-10,13-15,17H,3-6H2,1-2H3. The lowest BCUT2D eigenvalue weighted by Gasteiger charge is -2.26. The van der Waals surface area contributed by atoms with Crippen molar-refractivity contribution in [3.05, 3.63) is 35.6 Å². The fourth-order valence-corrected chi connectivity index (χ4v) is 3.75. The molecular weight excluding hydrogens is 245 g/mol. The van der Waals surface area contributed by atoms with E-state index in [9.17, 15) is 4.39 Å². The molecule has 1 aliphatic rings. The first kappa shape index (κ1) is 13.9. The first-order valence-electron chi connectivity index (χ1n) is 6.79. The van der Waals surface area contributed by atoms with Gasteiger partial charge < -0.3 is 5.32 Å². The Bertz CT molecular complexity index is 365. The van der Waals surface area contributed by atoms with Crippen molar-refractivity contribution < 1.29 is 4.39 Å². The van der Waals surface area contributed by atoms with Gasteiger partial charge in [-0.15, -0.1) is 0 Å². The summed E-state index contributed by atoms with van der Waals surface area (Å²) in [7, 11) is 0. The maximum atomic E-state index is 13.0. The molecule has 0 aliphatic heterocycles. The topological polar surface area (TPSA) is 12.0 Å². The minimum atomic E-state index is -0.156. The molecule has 1 N–H and O–H groups in total. The molecule has 0 saturated heterocycles. The lowest BCUT2D eigenvalue weighted by molar-refractivity contribution is 0.435. The zero-order valence-corrected chi connectivity index (χ0v) is 12.0. The van der Waals surface area contributed by atoms with Crippen LogP contribution in [-0.2, 0) is 0 Å². The lowest BCUT2D eigenvalue weighted by atomic mass is 10.0. The second kappa shape index (κ2) is 6.58. The van der Waals surface area contributed by atoms with Gasteiger partial charge in [0.05, 0.1) is 0 Å². The average Bonchev–Trinajstić information content (AvgIpc) is 2.84. The van der Waals surface area contributed by atoms with Crippen molar-refractivity contribution in [1.82, 2.24) is 5.32 Å². The second-order valence-electron chi connectivity index (χ2n) is 4.99. The fourth-order valence-electron chi connectivity index (χ4n) is 2.80. The van der Waals surface area contributed by atoms with Crippen LogP contribution in [0.25, 0.3) is 0 Å². The van der Waals surface area contributed by atoms with E-state index >= 15 is 0 Å². The van der Waals surface area contributed by atoms with Crippen molar-refractivity contribution in [2.45, 2.75) is 49.9 Å². The van der Waals surface area contributed by atoms with Gasteiger partial charge in [0.1, 0.15) is 5.82 Å². The maximum absolute atomic E-state index is 13.0. The van der Waals surface area contributed by atoms with Crippen molar-refractivity contribution in [3.63, 3.8) is 0 Å². The normalized spacial score (nSPS) is 25.3. The Morgan fingerprint density at radius 1 is 1.33 bits per heavy atom. The Balaban J connectivity index is 2.02. The van der Waals surface area contributed by atoms with E-state index in [1.807, 2.05) is 23.9 Å². The van der Waals surface area contributed by atoms with Crippen molar-refractivity contribution in [1.29, 1.82) is 0 Å². The number of halogens is 1. The summed E-state index contributed by atoms with van der Waals surface area (Å²) in [5, 5.41) is 4.49. The molecule has 18 heavy (non-hydrogen) atoms. The molecule has 1 fully saturated rings. The third-order valence-electron chi connectivity index (χ3n) is 3.85. The van der Waals surface area contributed by atoms with Crippen molar-refractivity contribution in [2.75, 3.05) is 6.26 Å². The summed E-state index contributed by atoms with van der Waals surface area (Å²) in [5.74, 6) is -0.156. The van der Waals surface area contributed by atoms with Gasteiger partial charge in [0, 0.05) is 17.3 Å². The van der Waals surface area contributed by atoms with Crippen LogP contribution in [0.4, 0.5) is 4.39 Å². The molecule has 0 spiro atoms. The van der Waals surface area contributed by atoms with E-state index in [0.717, 1.165) is 11.7 Å². The quantitative estimate of drug-likeness (QED) is 0.860. The SMILES string of the molecule is CCC(NC1CCCC1SC)c1ccc(F)cc1. The zero-order chi connectivity index (χ0) is 13.0. The van der Waals surface area contributed by atoms with Crippen LogP contribution in [0.5, 0.6) is 0 Å². The monoisotopic (exact) mass is 267 g/mol. The summed E-state index contributed by atoms with van der Waals surface area (Å²) in [5.41, 5.74) is 1.20. The van der Waals surface area contributed by atoms with Crippen molar-refractivity contribution in [2.24, 2.45) is 0 Å². The number of benzene rings is 1. The first-order valence-corrected chi connectivity index (χ1v) is 8.07. The summed E-state index contributed by atoms with van der Waals surface area (Å²) in [6, 6.07) is 7.87. The average molecular weight is 267 g/mol. The van der Waals surface area contributed by atoms with Crippen LogP contribution in [0.1, 0.15) is 44.2 Å². The lowest BCUT2D eigenvalue weighted by Crippen LogP contribution is -2.36. The molecule has 0 heterocycles. The van der Waals surface area contributed by atoms with E-state index in [1.54, 1.807) is 12.1 Å². The molecule has 2 rings (SSSR count). The summed E-state index contributed by atoms with van der Waals surface area (Å²) in [4.78, 5) is 0. The van der Waals surface area contributed by atoms with Crippen molar-refractivity contribution >= 4 is 11.8 Å². The summed E-state index contributed by atoms with van der Waals surface area (Å²) < 4.78 is 13.0. The van der Waals surface area contributed by atoms with E-state index < -0.39 is 0 Å². The molecule has 3 unspecified atom stereocenters. The van der Waals surface area contributed by atoms with Crippen LogP contribution in [0, 0.1) is 5.82 Å². The Morgan fingerprint density at radius 2 is 2.06 bits per heavy atom. The number of hydrogen-bond acceptors (Lipinski definition) is 2. The van der Waals surface area contributed by atoms with E-state index in [4.69, 9.17) is 0 Å². The van der Waals surface area contributed by atoms with Gasteiger partial charge in [-0.2, -0.15) is 11.8 Å². The van der Waals surface area contributed by atoms with Gasteiger partial charge in [-0.25, -0.2) is 4.39 Å². The summed E-state index contributed by atoms with van der Waals surface area (Å²) in [6.45, 7) is 2.18. The number of thioether (sulfide) groups is 1. The Hall–Kier alpha value is -0.540. The van der Waals surface area contributed by atoms with Crippen molar-refractivity contribution in [3.8, 4) is 0 Å². The third-order valence-corrected chi connectivity index (χ3v) is 5.02. The molecule has 100 valence electrons. The molecule has 1 nitrogen and oxygen atoms in total. The van der Waals surface area contributed by atoms with E-state index in [2.05, 4.69) is 18.5 Å². The molecule has 1 aromatic carbocycles. The van der Waals surface area contributed by atoms with Gasteiger partial charge >= 0.3 is 0 Å². The molecule has 0 bridgehead atoms. The Kier molecular flexibility index (Phi) is 5.07. The molecule has 0 aromatic heterocycles. The fraction of sp³-hybridized carbons (Fsp3) is 0.600. The smallest absolute Gasteiger partial charge is 0.123 e. The highest BCUT2D eigenvalue weighted by molar-refractivity contribution is 7.99. The molecular formula is C15H22FNS. The van der Waals surface area contributed by atoms with E-state index in [-0.39, 0.29) is 5.82 Å².